The molecule has 2 heterocycles. The zero-order chi connectivity index (χ0) is 15.8. The number of aliphatic carboxylic acids is 1. The van der Waals surface area contributed by atoms with E-state index in [-0.39, 0.29) is 24.7 Å². The summed E-state index contributed by atoms with van der Waals surface area (Å²) in [6.07, 6.45) is -3.19. The quantitative estimate of drug-likeness (QED) is 0.923. The molecule has 0 aliphatic carbocycles. The number of carbonyl (C=O) groups is 2. The smallest absolute Gasteiger partial charge is 0.406 e. The lowest BCUT2D eigenvalue weighted by atomic mass is 9.87. The summed E-state index contributed by atoms with van der Waals surface area (Å²) >= 11 is 0. The molecule has 8 heteroatoms. The van der Waals surface area contributed by atoms with E-state index in [0.717, 1.165) is 4.57 Å². The summed E-state index contributed by atoms with van der Waals surface area (Å²) in [6, 6.07) is 2.72. The van der Waals surface area contributed by atoms with Crippen LogP contribution in [0.4, 0.5) is 13.2 Å². The number of carbonyl (C=O) groups excluding carboxylic acids is 1. The average molecular weight is 304 g/mol. The molecule has 1 aromatic heterocycles. The molecule has 0 radical (unpaired) electrons. The van der Waals surface area contributed by atoms with Crippen molar-refractivity contribution in [3.63, 3.8) is 0 Å². The molecule has 1 aliphatic heterocycles. The molecule has 1 N–H and O–H groups in total. The highest BCUT2D eigenvalue weighted by molar-refractivity contribution is 5.93. The Morgan fingerprint density at radius 2 is 2.05 bits per heavy atom. The van der Waals surface area contributed by atoms with E-state index in [1.54, 1.807) is 6.92 Å². The van der Waals surface area contributed by atoms with Crippen LogP contribution in [0.3, 0.4) is 0 Å². The fourth-order valence-electron chi connectivity index (χ4n) is 2.30. The van der Waals surface area contributed by atoms with Crippen molar-refractivity contribution < 1.29 is 27.9 Å². The Morgan fingerprint density at radius 1 is 1.43 bits per heavy atom. The van der Waals surface area contributed by atoms with Gasteiger partial charge in [0.2, 0.25) is 0 Å². The maximum atomic E-state index is 12.4. The van der Waals surface area contributed by atoms with E-state index in [2.05, 4.69) is 0 Å². The largest absolute Gasteiger partial charge is 0.481 e. The van der Waals surface area contributed by atoms with E-state index in [0.29, 0.717) is 0 Å². The van der Waals surface area contributed by atoms with Crippen LogP contribution in [0, 0.1) is 11.8 Å². The molecule has 1 aliphatic rings. The fourth-order valence-corrected chi connectivity index (χ4v) is 2.30. The second-order valence-corrected chi connectivity index (χ2v) is 5.23. The van der Waals surface area contributed by atoms with Crippen LogP contribution in [-0.4, -0.2) is 45.7 Å². The Morgan fingerprint density at radius 3 is 2.57 bits per heavy atom. The van der Waals surface area contributed by atoms with Gasteiger partial charge in [-0.2, -0.15) is 13.2 Å². The molecule has 0 bridgehead atoms. The lowest BCUT2D eigenvalue weighted by molar-refractivity contribution is -0.145. The number of carboxylic acids is 1. The summed E-state index contributed by atoms with van der Waals surface area (Å²) in [5.74, 6) is -2.17. The lowest BCUT2D eigenvalue weighted by Crippen LogP contribution is -2.53. The zero-order valence-corrected chi connectivity index (χ0v) is 11.3. The number of hydrogen-bond donors (Lipinski definition) is 1. The predicted molar refractivity (Wildman–Crippen MR) is 66.7 cm³/mol. The number of carboxylic acid groups (broad SMARTS) is 1. The van der Waals surface area contributed by atoms with E-state index >= 15 is 0 Å². The number of nitrogens with zero attached hydrogens (tertiary/aromatic N) is 2. The third-order valence-corrected chi connectivity index (χ3v) is 3.69. The lowest BCUT2D eigenvalue weighted by Gasteiger charge is -2.41. The van der Waals surface area contributed by atoms with Gasteiger partial charge in [0.25, 0.3) is 5.91 Å². The molecule has 0 aromatic carbocycles. The first-order valence-corrected chi connectivity index (χ1v) is 6.43. The summed E-state index contributed by atoms with van der Waals surface area (Å²) in [6.45, 7) is 0.845. The number of rotatable bonds is 4. The molecule has 116 valence electrons. The number of aromatic nitrogens is 1. The SMILES string of the molecule is CC(C(=O)O)C1CN(C(=O)c2cccn2CC(F)(F)F)C1. The van der Waals surface area contributed by atoms with Gasteiger partial charge < -0.3 is 14.6 Å². The number of halogens is 3. The highest BCUT2D eigenvalue weighted by atomic mass is 19.4. The summed E-state index contributed by atoms with van der Waals surface area (Å²) in [7, 11) is 0. The minimum atomic E-state index is -4.40. The van der Waals surface area contributed by atoms with Gasteiger partial charge in [0.15, 0.2) is 0 Å². The van der Waals surface area contributed by atoms with Gasteiger partial charge in [-0.3, -0.25) is 9.59 Å². The van der Waals surface area contributed by atoms with Crippen LogP contribution in [0.1, 0.15) is 17.4 Å². The fraction of sp³-hybridized carbons (Fsp3) is 0.538. The Labute approximate surface area is 119 Å². The summed E-state index contributed by atoms with van der Waals surface area (Å²) in [5.41, 5.74) is -0.0336. The van der Waals surface area contributed by atoms with E-state index in [4.69, 9.17) is 5.11 Å². The number of likely N-dealkylation sites (tertiary alicyclic amines) is 1. The standard InChI is InChI=1S/C13H15F3N2O3/c1-8(12(20)21)9-5-18(6-9)11(19)10-3-2-4-17(10)7-13(14,15)16/h2-4,8-9H,5-7H2,1H3,(H,20,21). The van der Waals surface area contributed by atoms with E-state index in [9.17, 15) is 22.8 Å². The van der Waals surface area contributed by atoms with Crippen molar-refractivity contribution in [1.29, 1.82) is 0 Å². The molecule has 1 saturated heterocycles. The first kappa shape index (κ1) is 15.4. The number of amides is 1. The van der Waals surface area contributed by atoms with E-state index in [1.165, 1.54) is 23.2 Å². The van der Waals surface area contributed by atoms with Crippen molar-refractivity contribution in [2.24, 2.45) is 11.8 Å². The summed E-state index contributed by atoms with van der Waals surface area (Å²) in [5, 5.41) is 8.87. The third kappa shape index (κ3) is 3.37. The Bertz CT molecular complexity index is 547. The maximum Gasteiger partial charge on any atom is 0.406 e. The van der Waals surface area contributed by atoms with Crippen molar-refractivity contribution in [3.05, 3.63) is 24.0 Å². The molecule has 1 amide bonds. The van der Waals surface area contributed by atoms with Gasteiger partial charge in [-0.05, 0) is 12.1 Å². The van der Waals surface area contributed by atoms with Gasteiger partial charge in [0.1, 0.15) is 12.2 Å². The van der Waals surface area contributed by atoms with E-state index in [1.807, 2.05) is 0 Å². The first-order chi connectivity index (χ1) is 9.69. The molecule has 21 heavy (non-hydrogen) atoms. The molecule has 1 unspecified atom stereocenters. The second-order valence-electron chi connectivity index (χ2n) is 5.23. The van der Waals surface area contributed by atoms with Gasteiger partial charge in [0.05, 0.1) is 5.92 Å². The van der Waals surface area contributed by atoms with Gasteiger partial charge in [-0.1, -0.05) is 6.92 Å². The monoisotopic (exact) mass is 304 g/mol. The van der Waals surface area contributed by atoms with Crippen LogP contribution in [0.5, 0.6) is 0 Å². The van der Waals surface area contributed by atoms with Crippen LogP contribution in [-0.2, 0) is 11.3 Å². The normalized spacial score (nSPS) is 17.4. The molecule has 1 aromatic rings. The van der Waals surface area contributed by atoms with Crippen molar-refractivity contribution >= 4 is 11.9 Å². The van der Waals surface area contributed by atoms with Crippen molar-refractivity contribution in [2.75, 3.05) is 13.1 Å². The third-order valence-electron chi connectivity index (χ3n) is 3.69. The molecular weight excluding hydrogens is 289 g/mol. The molecule has 1 fully saturated rings. The zero-order valence-electron chi connectivity index (χ0n) is 11.3. The Balaban J connectivity index is 2.00. The van der Waals surface area contributed by atoms with E-state index < -0.39 is 30.5 Å². The molecule has 2 rings (SSSR count). The van der Waals surface area contributed by atoms with Crippen LogP contribution in [0.15, 0.2) is 18.3 Å². The predicted octanol–water partition coefficient (Wildman–Crippen LogP) is 1.84. The minimum Gasteiger partial charge on any atom is -0.481 e. The molecule has 1 atom stereocenters. The van der Waals surface area contributed by atoms with Crippen molar-refractivity contribution in [1.82, 2.24) is 9.47 Å². The highest BCUT2D eigenvalue weighted by Gasteiger charge is 2.38. The first-order valence-electron chi connectivity index (χ1n) is 6.43. The minimum absolute atomic E-state index is 0.0336. The van der Waals surface area contributed by atoms with Crippen LogP contribution in [0.2, 0.25) is 0 Å². The average Bonchev–Trinajstić information content (AvgIpc) is 2.71. The van der Waals surface area contributed by atoms with Crippen LogP contribution in [0.25, 0.3) is 0 Å². The van der Waals surface area contributed by atoms with Crippen LogP contribution < -0.4 is 0 Å². The topological polar surface area (TPSA) is 62.5 Å². The van der Waals surface area contributed by atoms with Gasteiger partial charge in [-0.25, -0.2) is 0 Å². The number of alkyl halides is 3. The molecule has 5 nitrogen and oxygen atoms in total. The second kappa shape index (κ2) is 5.42. The summed E-state index contributed by atoms with van der Waals surface area (Å²) in [4.78, 5) is 24.3. The van der Waals surface area contributed by atoms with Gasteiger partial charge in [0, 0.05) is 25.2 Å². The Kier molecular flexibility index (Phi) is 3.97. The highest BCUT2D eigenvalue weighted by Crippen LogP contribution is 2.26. The van der Waals surface area contributed by atoms with Crippen molar-refractivity contribution in [2.45, 2.75) is 19.6 Å². The molecule has 0 saturated carbocycles. The number of hydrogen-bond acceptors (Lipinski definition) is 2. The summed E-state index contributed by atoms with van der Waals surface area (Å²) < 4.78 is 38.1. The Hall–Kier alpha value is -1.99. The molecular formula is C13H15F3N2O3. The molecule has 0 spiro atoms. The van der Waals surface area contributed by atoms with Crippen LogP contribution >= 0.6 is 0 Å². The van der Waals surface area contributed by atoms with Gasteiger partial charge >= 0.3 is 12.1 Å². The van der Waals surface area contributed by atoms with Crippen molar-refractivity contribution in [3.8, 4) is 0 Å². The van der Waals surface area contributed by atoms with Gasteiger partial charge in [-0.15, -0.1) is 0 Å². The maximum absolute atomic E-state index is 12.4.